The molecule has 4 atom stereocenters. The maximum Gasteiger partial charge on any atom is 0.0583 e. The minimum absolute atomic E-state index is 0.0113. The topological polar surface area (TPSA) is 133 Å². The molecule has 100 valence electrons. The van der Waals surface area contributed by atoms with Crippen molar-refractivity contribution in [2.24, 2.45) is 22.9 Å². The average molecular weight is 250 g/mol. The Morgan fingerprint density at radius 1 is 0.889 bits per heavy atom. The molecule has 6 nitrogen and oxygen atoms in total. The van der Waals surface area contributed by atoms with E-state index in [0.29, 0.717) is 13.1 Å². The van der Waals surface area contributed by atoms with Crippen LogP contribution in [0.15, 0.2) is 24.3 Å². The van der Waals surface area contributed by atoms with Crippen molar-refractivity contribution in [2.75, 3.05) is 23.7 Å². The molecule has 1 aromatic rings. The molecule has 6 heteroatoms. The summed E-state index contributed by atoms with van der Waals surface area (Å²) >= 11 is 0. The Hall–Kier alpha value is -1.34. The quantitative estimate of drug-likeness (QED) is 0.410. The van der Waals surface area contributed by atoms with Gasteiger partial charge in [-0.15, -0.1) is 0 Å². The molecule has 0 spiro atoms. The van der Waals surface area contributed by atoms with Gasteiger partial charge in [0.25, 0.3) is 0 Å². The van der Waals surface area contributed by atoms with Crippen LogP contribution in [0.2, 0.25) is 0 Å². The Morgan fingerprint density at radius 3 is 1.72 bits per heavy atom. The zero-order valence-electron chi connectivity index (χ0n) is 10.4. The average Bonchev–Trinajstić information content (AvgIpc) is 2.62. The molecule has 1 aromatic carbocycles. The summed E-state index contributed by atoms with van der Waals surface area (Å²) in [4.78, 5) is 2.13. The molecule has 10 N–H and O–H groups in total. The van der Waals surface area contributed by atoms with E-state index in [2.05, 4.69) is 4.90 Å². The van der Waals surface area contributed by atoms with Gasteiger partial charge in [-0.3, -0.25) is 0 Å². The van der Waals surface area contributed by atoms with E-state index in [4.69, 9.17) is 28.7 Å². The first kappa shape index (κ1) is 13.1. The van der Waals surface area contributed by atoms with E-state index >= 15 is 0 Å². The number of hydrogen-bond acceptors (Lipinski definition) is 6. The lowest BCUT2D eigenvalue weighted by atomic mass is 10.0. The van der Waals surface area contributed by atoms with Crippen LogP contribution in [0, 0.1) is 0 Å². The van der Waals surface area contributed by atoms with Gasteiger partial charge in [-0.25, -0.2) is 0 Å². The molecule has 18 heavy (non-hydrogen) atoms. The molecule has 1 saturated heterocycles. The van der Waals surface area contributed by atoms with Gasteiger partial charge in [0, 0.05) is 36.5 Å². The summed E-state index contributed by atoms with van der Waals surface area (Å²) in [5.41, 5.74) is 31.3. The van der Waals surface area contributed by atoms with Crippen LogP contribution in [0.4, 0.5) is 11.4 Å². The van der Waals surface area contributed by atoms with E-state index < -0.39 is 0 Å². The Morgan fingerprint density at radius 2 is 1.33 bits per heavy atom. The highest BCUT2D eigenvalue weighted by Gasteiger charge is 2.44. The molecule has 1 heterocycles. The molecule has 2 rings (SSSR count). The minimum atomic E-state index is -0.166. The first-order valence-corrected chi connectivity index (χ1v) is 6.15. The zero-order valence-corrected chi connectivity index (χ0v) is 10.4. The zero-order chi connectivity index (χ0) is 13.3. The van der Waals surface area contributed by atoms with E-state index in [1.165, 1.54) is 0 Å². The standard InChI is InChI=1S/C12H22N6/c13-5-9-11(16)12(17)10(6-14)18(9)8-3-1-7(15)2-4-8/h1-4,9-12H,5-6,13-17H2. The Labute approximate surface area is 107 Å². The molecule has 0 radical (unpaired) electrons. The smallest absolute Gasteiger partial charge is 0.0583 e. The lowest BCUT2D eigenvalue weighted by Gasteiger charge is -2.32. The van der Waals surface area contributed by atoms with Gasteiger partial charge in [-0.05, 0) is 24.3 Å². The predicted molar refractivity (Wildman–Crippen MR) is 75.0 cm³/mol. The summed E-state index contributed by atoms with van der Waals surface area (Å²) in [6.07, 6.45) is 0. The minimum Gasteiger partial charge on any atom is -0.399 e. The predicted octanol–water partition coefficient (Wildman–Crippen LogP) is -1.60. The Balaban J connectivity index is 2.35. The monoisotopic (exact) mass is 250 g/mol. The van der Waals surface area contributed by atoms with Gasteiger partial charge >= 0.3 is 0 Å². The van der Waals surface area contributed by atoms with Crippen LogP contribution >= 0.6 is 0 Å². The Kier molecular flexibility index (Phi) is 3.72. The number of rotatable bonds is 3. The summed E-state index contributed by atoms with van der Waals surface area (Å²) in [5, 5.41) is 0. The van der Waals surface area contributed by atoms with Gasteiger partial charge in [0.15, 0.2) is 0 Å². The summed E-state index contributed by atoms with van der Waals surface area (Å²) < 4.78 is 0. The van der Waals surface area contributed by atoms with Crippen LogP contribution in [0.1, 0.15) is 0 Å². The molecule has 0 saturated carbocycles. The first-order valence-electron chi connectivity index (χ1n) is 6.15. The van der Waals surface area contributed by atoms with Crippen LogP contribution in [0.5, 0.6) is 0 Å². The van der Waals surface area contributed by atoms with E-state index in [-0.39, 0.29) is 24.2 Å². The lowest BCUT2D eigenvalue weighted by molar-refractivity contribution is 0.529. The van der Waals surface area contributed by atoms with Crippen LogP contribution in [-0.4, -0.2) is 37.3 Å². The van der Waals surface area contributed by atoms with Gasteiger partial charge < -0.3 is 33.6 Å². The molecule has 0 aromatic heterocycles. The number of nitrogens with two attached hydrogens (primary N) is 5. The molecule has 1 aliphatic rings. The fourth-order valence-electron chi connectivity index (χ4n) is 2.70. The summed E-state index contributed by atoms with van der Waals surface area (Å²) in [6.45, 7) is 0.908. The second kappa shape index (κ2) is 5.11. The highest BCUT2D eigenvalue weighted by molar-refractivity contribution is 5.56. The molecule has 0 aliphatic carbocycles. The molecule has 0 amide bonds. The normalized spacial score (nSPS) is 31.9. The van der Waals surface area contributed by atoms with Gasteiger partial charge in [0.2, 0.25) is 0 Å². The molecule has 1 fully saturated rings. The molecular weight excluding hydrogens is 228 g/mol. The van der Waals surface area contributed by atoms with Crippen molar-refractivity contribution < 1.29 is 0 Å². The summed E-state index contributed by atoms with van der Waals surface area (Å²) in [5.74, 6) is 0. The number of nitrogen functional groups attached to an aromatic ring is 1. The molecule has 0 bridgehead atoms. The van der Waals surface area contributed by atoms with E-state index in [0.717, 1.165) is 11.4 Å². The van der Waals surface area contributed by atoms with Crippen molar-refractivity contribution in [2.45, 2.75) is 24.2 Å². The maximum absolute atomic E-state index is 6.13. The summed E-state index contributed by atoms with van der Waals surface area (Å²) in [6, 6.07) is 7.30. The molecule has 4 unspecified atom stereocenters. The molecule has 1 aliphatic heterocycles. The first-order chi connectivity index (χ1) is 8.60. The Bertz CT molecular complexity index is 376. The largest absolute Gasteiger partial charge is 0.399 e. The van der Waals surface area contributed by atoms with Gasteiger partial charge in [0.05, 0.1) is 12.1 Å². The van der Waals surface area contributed by atoms with Gasteiger partial charge in [0.1, 0.15) is 0 Å². The lowest BCUT2D eigenvalue weighted by Crippen LogP contribution is -2.49. The fourth-order valence-corrected chi connectivity index (χ4v) is 2.70. The van der Waals surface area contributed by atoms with E-state index in [1.54, 1.807) is 0 Å². The number of benzene rings is 1. The third-order valence-corrected chi connectivity index (χ3v) is 3.72. The summed E-state index contributed by atoms with van der Waals surface area (Å²) in [7, 11) is 0. The van der Waals surface area contributed by atoms with Crippen molar-refractivity contribution in [1.29, 1.82) is 0 Å². The van der Waals surface area contributed by atoms with Crippen molar-refractivity contribution in [1.82, 2.24) is 0 Å². The van der Waals surface area contributed by atoms with Crippen molar-refractivity contribution >= 4 is 11.4 Å². The van der Waals surface area contributed by atoms with Crippen LogP contribution in [-0.2, 0) is 0 Å². The SMILES string of the molecule is NCC1C(N)C(N)C(CN)N1c1ccc(N)cc1. The fraction of sp³-hybridized carbons (Fsp3) is 0.500. The molecular formula is C12H22N6. The van der Waals surface area contributed by atoms with Crippen molar-refractivity contribution in [3.05, 3.63) is 24.3 Å². The van der Waals surface area contributed by atoms with Crippen LogP contribution < -0.4 is 33.6 Å². The third kappa shape index (κ3) is 2.04. The van der Waals surface area contributed by atoms with E-state index in [1.807, 2.05) is 24.3 Å². The van der Waals surface area contributed by atoms with Crippen molar-refractivity contribution in [3.8, 4) is 0 Å². The van der Waals surface area contributed by atoms with Gasteiger partial charge in [-0.1, -0.05) is 0 Å². The second-order valence-electron chi connectivity index (χ2n) is 4.76. The van der Waals surface area contributed by atoms with Crippen LogP contribution in [0.3, 0.4) is 0 Å². The maximum atomic E-state index is 6.13. The number of nitrogens with zero attached hydrogens (tertiary/aromatic N) is 1. The van der Waals surface area contributed by atoms with Crippen LogP contribution in [0.25, 0.3) is 0 Å². The number of anilines is 2. The third-order valence-electron chi connectivity index (χ3n) is 3.72. The van der Waals surface area contributed by atoms with Crippen molar-refractivity contribution in [3.63, 3.8) is 0 Å². The van der Waals surface area contributed by atoms with E-state index in [9.17, 15) is 0 Å². The number of hydrogen-bond donors (Lipinski definition) is 5. The second-order valence-corrected chi connectivity index (χ2v) is 4.76. The highest BCUT2D eigenvalue weighted by Crippen LogP contribution is 2.29. The highest BCUT2D eigenvalue weighted by atomic mass is 15.3. The van der Waals surface area contributed by atoms with Gasteiger partial charge in [-0.2, -0.15) is 0 Å².